The summed E-state index contributed by atoms with van der Waals surface area (Å²) in [5.74, 6) is 0.887. The Hall–Kier alpha value is -1.61. The highest BCUT2D eigenvalue weighted by Gasteiger charge is 2.01. The van der Waals surface area contributed by atoms with Gasteiger partial charge in [0.25, 0.3) is 0 Å². The zero-order valence-corrected chi connectivity index (χ0v) is 10.6. The van der Waals surface area contributed by atoms with Crippen LogP contribution in [-0.2, 0) is 5.75 Å². The molecule has 17 heavy (non-hydrogen) atoms. The molecule has 0 spiro atoms. The maximum atomic E-state index is 5.97. The van der Waals surface area contributed by atoms with Gasteiger partial charge in [0, 0.05) is 22.0 Å². The number of benzene rings is 2. The quantitative estimate of drug-likeness (QED) is 0.642. The summed E-state index contributed by atoms with van der Waals surface area (Å²) in [6.45, 7) is 2.04. The first kappa shape index (κ1) is 11.9. The van der Waals surface area contributed by atoms with Crippen molar-refractivity contribution in [1.82, 2.24) is 0 Å². The number of rotatable bonds is 3. The summed E-state index contributed by atoms with van der Waals surface area (Å²) in [6.07, 6.45) is 0. The van der Waals surface area contributed by atoms with Crippen LogP contribution >= 0.6 is 11.8 Å². The third kappa shape index (κ3) is 3.17. The predicted molar refractivity (Wildman–Crippen MR) is 76.0 cm³/mol. The van der Waals surface area contributed by atoms with Crippen molar-refractivity contribution >= 4 is 23.1 Å². The zero-order valence-electron chi connectivity index (χ0n) is 9.81. The largest absolute Gasteiger partial charge is 0.399 e. The molecule has 2 nitrogen and oxygen atoms in total. The predicted octanol–water partition coefficient (Wildman–Crippen LogP) is 3.45. The van der Waals surface area contributed by atoms with Gasteiger partial charge in [-0.3, -0.25) is 0 Å². The molecule has 2 aromatic rings. The van der Waals surface area contributed by atoms with E-state index in [9.17, 15) is 0 Å². The molecule has 0 atom stereocenters. The summed E-state index contributed by atoms with van der Waals surface area (Å²) in [6, 6.07) is 14.1. The van der Waals surface area contributed by atoms with Crippen molar-refractivity contribution in [3.8, 4) is 0 Å². The van der Waals surface area contributed by atoms with E-state index in [0.717, 1.165) is 22.0 Å². The van der Waals surface area contributed by atoms with Gasteiger partial charge in [-0.1, -0.05) is 18.2 Å². The molecule has 3 heteroatoms. The fourth-order valence-electron chi connectivity index (χ4n) is 1.64. The zero-order chi connectivity index (χ0) is 12.3. The highest BCUT2D eigenvalue weighted by molar-refractivity contribution is 7.98. The standard InChI is InChI=1S/C14H16N2S/c1-10-5-6-14(13(16)7-10)17-9-11-3-2-4-12(15)8-11/h2-8H,9,15-16H2,1H3. The monoisotopic (exact) mass is 244 g/mol. The molecule has 0 aliphatic carbocycles. The summed E-state index contributed by atoms with van der Waals surface area (Å²) in [7, 11) is 0. The Bertz CT molecular complexity index is 523. The molecule has 0 saturated heterocycles. The van der Waals surface area contributed by atoms with E-state index in [-0.39, 0.29) is 0 Å². The van der Waals surface area contributed by atoms with Crippen LogP contribution in [0, 0.1) is 6.92 Å². The second-order valence-electron chi connectivity index (χ2n) is 4.07. The van der Waals surface area contributed by atoms with Crippen LogP contribution in [0.5, 0.6) is 0 Å². The van der Waals surface area contributed by atoms with Crippen LogP contribution < -0.4 is 11.5 Å². The van der Waals surface area contributed by atoms with Gasteiger partial charge in [0.2, 0.25) is 0 Å². The maximum Gasteiger partial charge on any atom is 0.0454 e. The van der Waals surface area contributed by atoms with Crippen molar-refractivity contribution in [2.45, 2.75) is 17.6 Å². The molecule has 0 heterocycles. The van der Waals surface area contributed by atoms with Gasteiger partial charge in [-0.2, -0.15) is 0 Å². The fraction of sp³-hybridized carbons (Fsp3) is 0.143. The normalized spacial score (nSPS) is 10.4. The fourth-order valence-corrected chi connectivity index (χ4v) is 2.53. The minimum Gasteiger partial charge on any atom is -0.399 e. The van der Waals surface area contributed by atoms with E-state index in [4.69, 9.17) is 11.5 Å². The molecule has 0 aliphatic rings. The van der Waals surface area contributed by atoms with Crippen LogP contribution in [0.4, 0.5) is 11.4 Å². The lowest BCUT2D eigenvalue weighted by molar-refractivity contribution is 1.35. The molecule has 0 bridgehead atoms. The average molecular weight is 244 g/mol. The molecular formula is C14H16N2S. The Kier molecular flexibility index (Phi) is 3.59. The first-order valence-electron chi connectivity index (χ1n) is 5.48. The number of thioether (sulfide) groups is 1. The minimum absolute atomic E-state index is 0.806. The number of anilines is 2. The molecule has 88 valence electrons. The topological polar surface area (TPSA) is 52.0 Å². The number of hydrogen-bond acceptors (Lipinski definition) is 3. The molecule has 0 aliphatic heterocycles. The number of nitrogen functional groups attached to an aromatic ring is 2. The minimum atomic E-state index is 0.806. The second-order valence-corrected chi connectivity index (χ2v) is 5.09. The van der Waals surface area contributed by atoms with E-state index in [1.54, 1.807) is 11.8 Å². The number of nitrogens with two attached hydrogens (primary N) is 2. The van der Waals surface area contributed by atoms with Crippen LogP contribution in [0.2, 0.25) is 0 Å². The molecule has 0 amide bonds. The Balaban J connectivity index is 2.07. The summed E-state index contributed by atoms with van der Waals surface area (Å²) in [5.41, 5.74) is 15.8. The van der Waals surface area contributed by atoms with Gasteiger partial charge in [-0.25, -0.2) is 0 Å². The molecule has 0 unspecified atom stereocenters. The third-order valence-corrected chi connectivity index (χ3v) is 3.67. The first-order valence-corrected chi connectivity index (χ1v) is 6.47. The van der Waals surface area contributed by atoms with Gasteiger partial charge >= 0.3 is 0 Å². The Labute approximate surface area is 106 Å². The molecule has 4 N–H and O–H groups in total. The van der Waals surface area contributed by atoms with Gasteiger partial charge in [0.15, 0.2) is 0 Å². The van der Waals surface area contributed by atoms with Crippen LogP contribution in [0.3, 0.4) is 0 Å². The van der Waals surface area contributed by atoms with Gasteiger partial charge in [-0.15, -0.1) is 11.8 Å². The molecule has 0 fully saturated rings. The average Bonchev–Trinajstić information content (AvgIpc) is 2.28. The van der Waals surface area contributed by atoms with Crippen molar-refractivity contribution in [3.63, 3.8) is 0 Å². The summed E-state index contributed by atoms with van der Waals surface area (Å²) >= 11 is 1.74. The molecule has 2 rings (SSSR count). The van der Waals surface area contributed by atoms with Crippen molar-refractivity contribution < 1.29 is 0 Å². The van der Waals surface area contributed by atoms with Gasteiger partial charge in [0.1, 0.15) is 0 Å². The SMILES string of the molecule is Cc1ccc(SCc2cccc(N)c2)c(N)c1. The van der Waals surface area contributed by atoms with E-state index >= 15 is 0 Å². The van der Waals surface area contributed by atoms with Gasteiger partial charge in [-0.05, 0) is 42.3 Å². The van der Waals surface area contributed by atoms with E-state index < -0.39 is 0 Å². The Morgan fingerprint density at radius 1 is 1.06 bits per heavy atom. The van der Waals surface area contributed by atoms with Crippen molar-refractivity contribution in [2.24, 2.45) is 0 Å². The lowest BCUT2D eigenvalue weighted by atomic mass is 10.2. The van der Waals surface area contributed by atoms with Crippen molar-refractivity contribution in [2.75, 3.05) is 11.5 Å². The summed E-state index contributed by atoms with van der Waals surface area (Å²) in [4.78, 5) is 1.12. The Morgan fingerprint density at radius 3 is 2.59 bits per heavy atom. The highest BCUT2D eigenvalue weighted by atomic mass is 32.2. The lowest BCUT2D eigenvalue weighted by Gasteiger charge is -2.06. The second kappa shape index (κ2) is 5.15. The van der Waals surface area contributed by atoms with Crippen LogP contribution in [0.1, 0.15) is 11.1 Å². The van der Waals surface area contributed by atoms with Gasteiger partial charge < -0.3 is 11.5 Å². The smallest absolute Gasteiger partial charge is 0.0454 e. The molecule has 0 radical (unpaired) electrons. The maximum absolute atomic E-state index is 5.97. The van der Waals surface area contributed by atoms with Crippen LogP contribution in [-0.4, -0.2) is 0 Å². The number of hydrogen-bond donors (Lipinski definition) is 2. The molecular weight excluding hydrogens is 228 g/mol. The highest BCUT2D eigenvalue weighted by Crippen LogP contribution is 2.29. The number of aryl methyl sites for hydroxylation is 1. The molecule has 0 saturated carbocycles. The third-order valence-electron chi connectivity index (χ3n) is 2.51. The summed E-state index contributed by atoms with van der Waals surface area (Å²) in [5, 5.41) is 0. The van der Waals surface area contributed by atoms with E-state index in [0.29, 0.717) is 0 Å². The van der Waals surface area contributed by atoms with Crippen LogP contribution in [0.15, 0.2) is 47.4 Å². The van der Waals surface area contributed by atoms with E-state index in [1.807, 2.05) is 31.2 Å². The van der Waals surface area contributed by atoms with Crippen molar-refractivity contribution in [1.29, 1.82) is 0 Å². The van der Waals surface area contributed by atoms with Gasteiger partial charge in [0.05, 0.1) is 0 Å². The van der Waals surface area contributed by atoms with E-state index in [1.165, 1.54) is 11.1 Å². The summed E-state index contributed by atoms with van der Waals surface area (Å²) < 4.78 is 0. The molecule has 2 aromatic carbocycles. The van der Waals surface area contributed by atoms with Crippen molar-refractivity contribution in [3.05, 3.63) is 53.6 Å². The Morgan fingerprint density at radius 2 is 1.88 bits per heavy atom. The molecule has 0 aromatic heterocycles. The van der Waals surface area contributed by atoms with E-state index in [2.05, 4.69) is 18.2 Å². The van der Waals surface area contributed by atoms with Crippen LogP contribution in [0.25, 0.3) is 0 Å². The lowest BCUT2D eigenvalue weighted by Crippen LogP contribution is -1.91. The first-order chi connectivity index (χ1) is 8.15.